The van der Waals surface area contributed by atoms with Gasteiger partial charge >= 0.3 is 6.09 Å². The van der Waals surface area contributed by atoms with Crippen molar-refractivity contribution < 1.29 is 24.6 Å². The Labute approximate surface area is 222 Å². The fourth-order valence-electron chi connectivity index (χ4n) is 5.08. The second kappa shape index (κ2) is 12.5. The highest BCUT2D eigenvalue weighted by Crippen LogP contribution is 2.45. The van der Waals surface area contributed by atoms with E-state index in [1.54, 1.807) is 19.1 Å². The summed E-state index contributed by atoms with van der Waals surface area (Å²) >= 11 is 0. The Bertz CT molecular complexity index is 1220. The first-order valence-electron chi connectivity index (χ1n) is 12.7. The molecule has 38 heavy (non-hydrogen) atoms. The molecule has 8 nitrogen and oxygen atoms in total. The van der Waals surface area contributed by atoms with Gasteiger partial charge in [-0.1, -0.05) is 67.6 Å². The number of rotatable bonds is 13. The van der Waals surface area contributed by atoms with E-state index >= 15 is 0 Å². The Balaban J connectivity index is 1.42. The molecule has 3 aromatic rings. The summed E-state index contributed by atoms with van der Waals surface area (Å²) in [5, 5.41) is 25.6. The molecule has 0 radical (unpaired) electrons. The van der Waals surface area contributed by atoms with Crippen LogP contribution in [0.1, 0.15) is 29.5 Å². The zero-order valence-corrected chi connectivity index (χ0v) is 21.3. The molecule has 198 valence electrons. The highest BCUT2D eigenvalue weighted by Gasteiger charge is 2.35. The number of hydrogen-bond acceptors (Lipinski definition) is 6. The maximum Gasteiger partial charge on any atom is 0.407 e. The Kier molecular flexibility index (Phi) is 8.89. The predicted molar refractivity (Wildman–Crippen MR) is 146 cm³/mol. The van der Waals surface area contributed by atoms with Gasteiger partial charge in [0.15, 0.2) is 0 Å². The van der Waals surface area contributed by atoms with Crippen LogP contribution in [0.15, 0.2) is 72.8 Å². The highest BCUT2D eigenvalue weighted by molar-refractivity contribution is 5.79. The van der Waals surface area contributed by atoms with Gasteiger partial charge in [-0.25, -0.2) is 4.79 Å². The van der Waals surface area contributed by atoms with Gasteiger partial charge in [-0.2, -0.15) is 0 Å². The van der Waals surface area contributed by atoms with E-state index in [4.69, 9.17) is 5.11 Å². The van der Waals surface area contributed by atoms with Crippen molar-refractivity contribution in [3.63, 3.8) is 0 Å². The van der Waals surface area contributed by atoms with Gasteiger partial charge in [0, 0.05) is 31.2 Å². The molecule has 1 aliphatic carbocycles. The molecule has 1 aliphatic rings. The lowest BCUT2D eigenvalue weighted by Gasteiger charge is -2.33. The third-order valence-corrected chi connectivity index (χ3v) is 7.20. The number of amides is 1. The summed E-state index contributed by atoms with van der Waals surface area (Å²) in [6.45, 7) is 2.51. The molecule has 1 amide bonds. The van der Waals surface area contributed by atoms with Gasteiger partial charge in [-0.05, 0) is 45.9 Å². The van der Waals surface area contributed by atoms with Gasteiger partial charge in [0.2, 0.25) is 0 Å². The Morgan fingerprint density at radius 3 is 2.05 bits per heavy atom. The van der Waals surface area contributed by atoms with Gasteiger partial charge in [-0.15, -0.1) is 0 Å². The predicted octanol–water partition coefficient (Wildman–Crippen LogP) is 3.74. The number of anilines is 1. The molecule has 0 saturated heterocycles. The zero-order valence-electron chi connectivity index (χ0n) is 21.3. The number of nitrogens with zero attached hydrogens (tertiary/aromatic N) is 1. The molecule has 0 saturated carbocycles. The summed E-state index contributed by atoms with van der Waals surface area (Å²) in [4.78, 5) is 37.5. The van der Waals surface area contributed by atoms with Crippen LogP contribution in [0.25, 0.3) is 11.1 Å². The molecule has 0 fully saturated rings. The monoisotopic (exact) mass is 515 g/mol. The van der Waals surface area contributed by atoms with Crippen molar-refractivity contribution in [3.05, 3.63) is 89.5 Å². The lowest BCUT2D eigenvalue weighted by atomic mass is 9.94. The van der Waals surface area contributed by atoms with Crippen molar-refractivity contribution in [2.75, 3.05) is 25.0 Å². The van der Waals surface area contributed by atoms with E-state index in [0.717, 1.165) is 39.8 Å². The van der Waals surface area contributed by atoms with Crippen molar-refractivity contribution in [2.45, 2.75) is 31.5 Å². The maximum absolute atomic E-state index is 12.4. The number of hydrogen-bond donors (Lipinski definition) is 4. The number of aldehydes is 2. The first kappa shape index (κ1) is 27.0. The number of fused-ring (bicyclic) bond motifs is 3. The standard InChI is InChI=1S/C30H33N3O5/c1-20(14-31-23(18-35)15-32-22-12-10-21(17-34)11-13-22)29(19-36)33(30(37)38)16-28-26-8-4-2-6-24(26)25-7-3-5-9-27(25)28/h2-13,18-20,23,28-29,31-32,34H,14-17H2,1H3,(H,37,38)/t20-,23-,29?/m0/s1. The zero-order chi connectivity index (χ0) is 27.1. The molecule has 0 aromatic heterocycles. The molecule has 8 heteroatoms. The minimum atomic E-state index is -1.16. The SMILES string of the molecule is C[C@@H](CN[C@H](C=O)CNc1ccc(CO)cc1)C(C=O)N(CC1c2ccccc2-c2ccccc21)C(=O)O. The summed E-state index contributed by atoms with van der Waals surface area (Å²) in [5.74, 6) is -0.549. The molecule has 0 spiro atoms. The average molecular weight is 516 g/mol. The van der Waals surface area contributed by atoms with E-state index in [9.17, 15) is 19.5 Å². The van der Waals surface area contributed by atoms with Crippen molar-refractivity contribution in [1.29, 1.82) is 0 Å². The minimum Gasteiger partial charge on any atom is -0.465 e. The number of carbonyl (C=O) groups is 3. The van der Waals surface area contributed by atoms with E-state index in [2.05, 4.69) is 10.6 Å². The molecule has 4 N–H and O–H groups in total. The number of carbonyl (C=O) groups excluding carboxylic acids is 2. The third kappa shape index (κ3) is 5.93. The number of aliphatic hydroxyl groups is 1. The summed E-state index contributed by atoms with van der Waals surface area (Å²) in [5.41, 5.74) is 5.88. The molecule has 3 atom stereocenters. The molecular formula is C30H33N3O5. The fourth-order valence-corrected chi connectivity index (χ4v) is 5.08. The quantitative estimate of drug-likeness (QED) is 0.256. The second-order valence-electron chi connectivity index (χ2n) is 9.65. The van der Waals surface area contributed by atoms with E-state index in [0.29, 0.717) is 12.8 Å². The van der Waals surface area contributed by atoms with Gasteiger partial charge < -0.3 is 30.4 Å². The van der Waals surface area contributed by atoms with Crippen LogP contribution in [0.2, 0.25) is 0 Å². The fraction of sp³-hybridized carbons (Fsp3) is 0.300. The second-order valence-corrected chi connectivity index (χ2v) is 9.65. The average Bonchev–Trinajstić information content (AvgIpc) is 3.26. The molecule has 0 aliphatic heterocycles. The molecular weight excluding hydrogens is 482 g/mol. The molecule has 0 bridgehead atoms. The largest absolute Gasteiger partial charge is 0.465 e. The van der Waals surface area contributed by atoms with Gasteiger partial charge in [0.1, 0.15) is 12.6 Å². The maximum atomic E-state index is 12.4. The van der Waals surface area contributed by atoms with Crippen LogP contribution in [-0.4, -0.2) is 65.5 Å². The van der Waals surface area contributed by atoms with E-state index in [1.165, 1.54) is 4.90 Å². The Morgan fingerprint density at radius 1 is 0.921 bits per heavy atom. The first-order chi connectivity index (χ1) is 18.5. The minimum absolute atomic E-state index is 0.0400. The number of benzene rings is 3. The lowest BCUT2D eigenvalue weighted by Crippen LogP contribution is -2.50. The van der Waals surface area contributed by atoms with Crippen LogP contribution in [0.4, 0.5) is 10.5 Å². The summed E-state index contributed by atoms with van der Waals surface area (Å²) in [6.07, 6.45) is 0.319. The molecule has 1 unspecified atom stereocenters. The van der Waals surface area contributed by atoms with E-state index in [-0.39, 0.29) is 31.5 Å². The normalized spacial score (nSPS) is 14.6. The smallest absolute Gasteiger partial charge is 0.407 e. The van der Waals surface area contributed by atoms with Crippen LogP contribution in [0.3, 0.4) is 0 Å². The summed E-state index contributed by atoms with van der Waals surface area (Å²) in [7, 11) is 0. The van der Waals surface area contributed by atoms with Crippen molar-refractivity contribution in [1.82, 2.24) is 10.2 Å². The van der Waals surface area contributed by atoms with Crippen molar-refractivity contribution in [3.8, 4) is 11.1 Å². The van der Waals surface area contributed by atoms with Gasteiger partial charge in [-0.3, -0.25) is 4.90 Å². The first-order valence-corrected chi connectivity index (χ1v) is 12.7. The number of aliphatic hydroxyl groups excluding tert-OH is 1. The van der Waals surface area contributed by atoms with Gasteiger partial charge in [0.05, 0.1) is 18.7 Å². The van der Waals surface area contributed by atoms with Crippen LogP contribution in [0.5, 0.6) is 0 Å². The van der Waals surface area contributed by atoms with E-state index in [1.807, 2.05) is 60.7 Å². The molecule has 0 heterocycles. The van der Waals surface area contributed by atoms with Gasteiger partial charge in [0.25, 0.3) is 0 Å². The van der Waals surface area contributed by atoms with Crippen molar-refractivity contribution >= 4 is 24.4 Å². The molecule has 3 aromatic carbocycles. The van der Waals surface area contributed by atoms with Crippen LogP contribution < -0.4 is 10.6 Å². The summed E-state index contributed by atoms with van der Waals surface area (Å²) < 4.78 is 0. The Morgan fingerprint density at radius 2 is 1.53 bits per heavy atom. The van der Waals surface area contributed by atoms with Crippen LogP contribution in [-0.2, 0) is 16.2 Å². The Hall–Kier alpha value is -4.01. The third-order valence-electron chi connectivity index (χ3n) is 7.20. The highest BCUT2D eigenvalue weighted by atomic mass is 16.4. The van der Waals surface area contributed by atoms with Crippen molar-refractivity contribution in [2.24, 2.45) is 5.92 Å². The number of carboxylic acid groups (broad SMARTS) is 1. The van der Waals surface area contributed by atoms with Crippen LogP contribution >= 0.6 is 0 Å². The van der Waals surface area contributed by atoms with E-state index < -0.39 is 18.2 Å². The summed E-state index contributed by atoms with van der Waals surface area (Å²) in [6, 6.07) is 21.8. The number of nitrogens with one attached hydrogen (secondary N) is 2. The topological polar surface area (TPSA) is 119 Å². The van der Waals surface area contributed by atoms with Crippen LogP contribution in [0, 0.1) is 5.92 Å². The molecule has 4 rings (SSSR count). The lowest BCUT2D eigenvalue weighted by molar-refractivity contribution is -0.113.